The van der Waals surface area contributed by atoms with Gasteiger partial charge in [-0.05, 0) is 75.8 Å². The van der Waals surface area contributed by atoms with Gasteiger partial charge in [0, 0.05) is 24.2 Å². The second kappa shape index (κ2) is 9.73. The van der Waals surface area contributed by atoms with E-state index in [1.807, 2.05) is 28.8 Å². The number of carbonyl (C=O) groups excluding carboxylic acids is 1. The summed E-state index contributed by atoms with van der Waals surface area (Å²) >= 11 is 0. The minimum absolute atomic E-state index is 0.0544. The minimum Gasteiger partial charge on any atom is -0.461 e. The number of piperidine rings is 1. The van der Waals surface area contributed by atoms with Crippen molar-refractivity contribution in [1.82, 2.24) is 14.5 Å². The maximum absolute atomic E-state index is 13.8. The van der Waals surface area contributed by atoms with Crippen LogP contribution < -0.4 is 5.56 Å². The molecule has 36 heavy (non-hydrogen) atoms. The Morgan fingerprint density at radius 1 is 0.944 bits per heavy atom. The van der Waals surface area contributed by atoms with Crippen molar-refractivity contribution in [2.24, 2.45) is 11.8 Å². The monoisotopic (exact) mass is 490 g/mol. The molecule has 2 aliphatic heterocycles. The molecule has 192 valence electrons. The number of hydrogen-bond acceptors (Lipinski definition) is 6. The lowest BCUT2D eigenvalue weighted by atomic mass is 9.76. The highest BCUT2D eigenvalue weighted by Gasteiger charge is 2.47. The van der Waals surface area contributed by atoms with Gasteiger partial charge in [0.05, 0.1) is 17.6 Å². The molecule has 2 saturated carbocycles. The largest absolute Gasteiger partial charge is 0.461 e. The number of para-hydroxylation sites is 2. The summed E-state index contributed by atoms with van der Waals surface area (Å²) in [7, 11) is 0. The second-order valence-electron chi connectivity index (χ2n) is 11.6. The van der Waals surface area contributed by atoms with Crippen molar-refractivity contribution in [3.05, 3.63) is 40.3 Å². The first-order valence-corrected chi connectivity index (χ1v) is 14.1. The molecule has 3 heterocycles. The van der Waals surface area contributed by atoms with Gasteiger partial charge in [-0.15, -0.1) is 0 Å². The fourth-order valence-electron chi connectivity index (χ4n) is 8.08. The van der Waals surface area contributed by atoms with E-state index in [-0.39, 0.29) is 23.9 Å². The topological polar surface area (TPSA) is 88.3 Å². The van der Waals surface area contributed by atoms with Crippen molar-refractivity contribution in [2.45, 2.75) is 102 Å². The van der Waals surface area contributed by atoms with Crippen LogP contribution in [0.1, 0.15) is 89.3 Å². The van der Waals surface area contributed by atoms with Crippen LogP contribution in [-0.2, 0) is 9.53 Å². The number of rotatable bonds is 5. The van der Waals surface area contributed by atoms with Crippen molar-refractivity contribution in [3.8, 4) is 0 Å². The molecule has 6 rings (SSSR count). The number of carbonyl (C=O) groups is 1. The molecule has 7 nitrogen and oxygen atoms in total. The predicted molar refractivity (Wildman–Crippen MR) is 139 cm³/mol. The Morgan fingerprint density at radius 2 is 1.61 bits per heavy atom. The van der Waals surface area contributed by atoms with Crippen LogP contribution >= 0.6 is 0 Å². The molecule has 2 aliphatic carbocycles. The standard InChI is InChI=1S/C29H38N4O3/c1-2-36-29(35)26(30)27-28(34)33(25-10-6-5-9-24(25)31-27)23-16-20-11-12-21(17-23)32(20)22-14-18-7-3-4-8-19(13-18)15-22/h5-6,9-10,18-23,30H,2-4,7-8,11-17H2,1H3/t18?,19?,20-,21+,22?,23+. The van der Waals surface area contributed by atoms with Gasteiger partial charge in [-0.1, -0.05) is 37.8 Å². The third kappa shape index (κ3) is 4.19. The minimum atomic E-state index is -0.794. The Kier molecular flexibility index (Phi) is 6.44. The number of fused-ring (bicyclic) bond motifs is 5. The number of aromatic nitrogens is 2. The Labute approximate surface area is 212 Å². The van der Waals surface area contributed by atoms with E-state index in [4.69, 9.17) is 10.1 Å². The number of nitrogens with one attached hydrogen (secondary N) is 1. The lowest BCUT2D eigenvalue weighted by Gasteiger charge is -2.48. The molecular weight excluding hydrogens is 452 g/mol. The fraction of sp³-hybridized carbons (Fsp3) is 0.655. The zero-order valence-electron chi connectivity index (χ0n) is 21.3. The quantitative estimate of drug-likeness (QED) is 0.478. The fourth-order valence-corrected chi connectivity index (χ4v) is 8.08. The van der Waals surface area contributed by atoms with Crippen molar-refractivity contribution in [3.63, 3.8) is 0 Å². The lowest BCUT2D eigenvalue weighted by Crippen LogP contribution is -2.52. The molecule has 4 bridgehead atoms. The first-order chi connectivity index (χ1) is 17.5. The number of benzene rings is 1. The summed E-state index contributed by atoms with van der Waals surface area (Å²) in [4.78, 5) is 33.4. The number of hydrogen-bond donors (Lipinski definition) is 1. The highest BCUT2D eigenvalue weighted by atomic mass is 16.5. The second-order valence-corrected chi connectivity index (χ2v) is 11.6. The van der Waals surface area contributed by atoms with Gasteiger partial charge in [-0.25, -0.2) is 9.78 Å². The smallest absolute Gasteiger partial charge is 0.358 e. The summed E-state index contributed by atoms with van der Waals surface area (Å²) in [5.41, 5.74) is 0.551. The highest BCUT2D eigenvalue weighted by Crippen LogP contribution is 2.47. The molecule has 7 heteroatoms. The van der Waals surface area contributed by atoms with E-state index in [1.165, 1.54) is 57.8 Å². The molecule has 2 unspecified atom stereocenters. The number of esters is 1. The number of nitrogens with zero attached hydrogens (tertiary/aromatic N) is 3. The summed E-state index contributed by atoms with van der Waals surface area (Å²) in [6.07, 6.45) is 14.1. The third-order valence-corrected chi connectivity index (χ3v) is 9.41. The maximum Gasteiger partial charge on any atom is 0.358 e. The van der Waals surface area contributed by atoms with Gasteiger partial charge in [0.25, 0.3) is 5.56 Å². The molecule has 2 saturated heterocycles. The van der Waals surface area contributed by atoms with Gasteiger partial charge >= 0.3 is 5.97 Å². The Hall–Kier alpha value is -2.54. The summed E-state index contributed by atoms with van der Waals surface area (Å²) in [5, 5.41) is 8.34. The lowest BCUT2D eigenvalue weighted by molar-refractivity contribution is -0.135. The molecule has 1 aromatic carbocycles. The van der Waals surface area contributed by atoms with Crippen molar-refractivity contribution < 1.29 is 9.53 Å². The Bertz CT molecular complexity index is 1190. The van der Waals surface area contributed by atoms with Crippen LogP contribution in [-0.4, -0.2) is 50.9 Å². The third-order valence-electron chi connectivity index (χ3n) is 9.41. The molecule has 4 aliphatic rings. The van der Waals surface area contributed by atoms with Gasteiger partial charge in [-0.2, -0.15) is 0 Å². The molecule has 2 aromatic rings. The normalized spacial score (nSPS) is 32.2. The van der Waals surface area contributed by atoms with Gasteiger partial charge in [0.15, 0.2) is 11.4 Å². The maximum atomic E-state index is 13.8. The molecule has 5 atom stereocenters. The van der Waals surface area contributed by atoms with Crippen molar-refractivity contribution in [2.75, 3.05) is 6.61 Å². The van der Waals surface area contributed by atoms with Crippen LogP contribution in [0.15, 0.2) is 29.1 Å². The van der Waals surface area contributed by atoms with Gasteiger partial charge < -0.3 is 9.30 Å². The highest BCUT2D eigenvalue weighted by molar-refractivity contribution is 6.41. The predicted octanol–water partition coefficient (Wildman–Crippen LogP) is 4.85. The molecule has 0 spiro atoms. The van der Waals surface area contributed by atoms with E-state index in [1.54, 1.807) is 6.92 Å². The first kappa shape index (κ1) is 23.8. The molecule has 4 fully saturated rings. The van der Waals surface area contributed by atoms with Gasteiger partial charge in [-0.3, -0.25) is 15.1 Å². The van der Waals surface area contributed by atoms with E-state index < -0.39 is 11.7 Å². The van der Waals surface area contributed by atoms with Gasteiger partial charge in [0.2, 0.25) is 0 Å². The average molecular weight is 491 g/mol. The Morgan fingerprint density at radius 3 is 2.28 bits per heavy atom. The van der Waals surface area contributed by atoms with Crippen LogP contribution in [0.3, 0.4) is 0 Å². The molecular formula is C29H38N4O3. The summed E-state index contributed by atoms with van der Waals surface area (Å²) < 4.78 is 6.87. The van der Waals surface area contributed by atoms with E-state index in [2.05, 4.69) is 9.88 Å². The van der Waals surface area contributed by atoms with Crippen LogP contribution in [0.2, 0.25) is 0 Å². The van der Waals surface area contributed by atoms with E-state index in [9.17, 15) is 9.59 Å². The van der Waals surface area contributed by atoms with Crippen LogP contribution in [0.5, 0.6) is 0 Å². The van der Waals surface area contributed by atoms with Crippen LogP contribution in [0.4, 0.5) is 0 Å². The zero-order valence-corrected chi connectivity index (χ0v) is 21.3. The van der Waals surface area contributed by atoms with Crippen LogP contribution in [0, 0.1) is 17.2 Å². The van der Waals surface area contributed by atoms with E-state index in [0.717, 1.165) is 30.2 Å². The summed E-state index contributed by atoms with van der Waals surface area (Å²) in [5.74, 6) is 1.01. The van der Waals surface area contributed by atoms with Crippen molar-refractivity contribution >= 4 is 22.7 Å². The zero-order chi connectivity index (χ0) is 24.8. The Balaban J connectivity index is 1.31. The van der Waals surface area contributed by atoms with E-state index in [0.29, 0.717) is 23.6 Å². The first-order valence-electron chi connectivity index (χ1n) is 14.1. The van der Waals surface area contributed by atoms with Gasteiger partial charge in [0.1, 0.15) is 0 Å². The molecule has 0 amide bonds. The molecule has 1 aromatic heterocycles. The summed E-state index contributed by atoms with van der Waals surface area (Å²) in [6.45, 7) is 1.86. The average Bonchev–Trinajstić information content (AvgIpc) is 3.03. The molecule has 0 radical (unpaired) electrons. The number of ether oxygens (including phenoxy) is 1. The summed E-state index contributed by atoms with van der Waals surface area (Å²) in [6, 6.07) is 9.39. The van der Waals surface area contributed by atoms with Crippen LogP contribution in [0.25, 0.3) is 11.0 Å². The van der Waals surface area contributed by atoms with E-state index >= 15 is 0 Å². The SMILES string of the molecule is CCOC(=O)C(=N)c1nc2ccccc2n([C@H]2C[C@H]3CC[C@@H](C2)N3C2CC3CCCCC(C3)C2)c1=O. The molecule has 1 N–H and O–H groups in total. The van der Waals surface area contributed by atoms with Crippen molar-refractivity contribution in [1.29, 1.82) is 5.41 Å².